The van der Waals surface area contributed by atoms with Crippen LogP contribution in [0.5, 0.6) is 0 Å². The first-order valence-corrected chi connectivity index (χ1v) is 8.64. The van der Waals surface area contributed by atoms with Crippen molar-refractivity contribution >= 4 is 11.6 Å². The first-order valence-electron chi connectivity index (χ1n) is 8.64. The third kappa shape index (κ3) is 3.09. The Morgan fingerprint density at radius 2 is 1.91 bits per heavy atom. The molecule has 2 fully saturated rings. The fraction of sp³-hybridized carbons (Fsp3) is 0.611. The SMILES string of the molecule is Cc1c(C(=O)N2CCCC2C2CCCCC2)cccc1[N+](=O)[O-]. The third-order valence-electron chi connectivity index (χ3n) is 5.49. The normalized spacial score (nSPS) is 22.3. The summed E-state index contributed by atoms with van der Waals surface area (Å²) in [5.74, 6) is 0.577. The van der Waals surface area contributed by atoms with Gasteiger partial charge in [0.25, 0.3) is 11.6 Å². The van der Waals surface area contributed by atoms with Crippen molar-refractivity contribution < 1.29 is 9.72 Å². The summed E-state index contributed by atoms with van der Waals surface area (Å²) in [5, 5.41) is 11.1. The highest BCUT2D eigenvalue weighted by Crippen LogP contribution is 2.35. The summed E-state index contributed by atoms with van der Waals surface area (Å²) in [7, 11) is 0. The van der Waals surface area contributed by atoms with Crippen LogP contribution in [-0.4, -0.2) is 28.3 Å². The summed E-state index contributed by atoms with van der Waals surface area (Å²) in [6, 6.07) is 5.13. The van der Waals surface area contributed by atoms with Crippen molar-refractivity contribution in [2.75, 3.05) is 6.54 Å². The molecule has 1 unspecified atom stereocenters. The van der Waals surface area contributed by atoms with Crippen LogP contribution in [0.15, 0.2) is 18.2 Å². The quantitative estimate of drug-likeness (QED) is 0.623. The van der Waals surface area contributed by atoms with E-state index in [0.29, 0.717) is 23.1 Å². The van der Waals surface area contributed by atoms with Gasteiger partial charge in [-0.05, 0) is 44.6 Å². The van der Waals surface area contributed by atoms with E-state index in [4.69, 9.17) is 0 Å². The second-order valence-electron chi connectivity index (χ2n) is 6.81. The number of carbonyl (C=O) groups is 1. The molecule has 2 aliphatic rings. The zero-order chi connectivity index (χ0) is 16.4. The molecule has 1 aromatic carbocycles. The van der Waals surface area contributed by atoms with E-state index in [1.54, 1.807) is 19.1 Å². The van der Waals surface area contributed by atoms with E-state index in [-0.39, 0.29) is 11.6 Å². The number of hydrogen-bond donors (Lipinski definition) is 0. The Morgan fingerprint density at radius 3 is 2.61 bits per heavy atom. The minimum atomic E-state index is -0.408. The predicted octanol–water partition coefficient (Wildman–Crippen LogP) is 4.09. The zero-order valence-corrected chi connectivity index (χ0v) is 13.7. The summed E-state index contributed by atoms with van der Waals surface area (Å²) in [6.07, 6.45) is 8.37. The van der Waals surface area contributed by atoms with Crippen molar-refractivity contribution in [2.45, 2.75) is 57.9 Å². The number of benzene rings is 1. The molecule has 0 N–H and O–H groups in total. The Bertz CT molecular complexity index is 608. The topological polar surface area (TPSA) is 63.5 Å². The highest BCUT2D eigenvalue weighted by Gasteiger charge is 2.36. The Hall–Kier alpha value is -1.91. The predicted molar refractivity (Wildman–Crippen MR) is 88.5 cm³/mol. The van der Waals surface area contributed by atoms with Gasteiger partial charge < -0.3 is 4.90 Å². The molecule has 1 saturated heterocycles. The maximum atomic E-state index is 13.0. The minimum absolute atomic E-state index is 0.0285. The van der Waals surface area contributed by atoms with Crippen LogP contribution >= 0.6 is 0 Å². The molecular formula is C18H24N2O3. The number of nitro groups is 1. The highest BCUT2D eigenvalue weighted by molar-refractivity contribution is 5.97. The van der Waals surface area contributed by atoms with Crippen LogP contribution in [-0.2, 0) is 0 Å². The molecule has 3 rings (SSSR count). The Kier molecular flexibility index (Phi) is 4.64. The van der Waals surface area contributed by atoms with Crippen molar-refractivity contribution in [3.63, 3.8) is 0 Å². The fourth-order valence-corrected chi connectivity index (χ4v) is 4.26. The van der Waals surface area contributed by atoms with Crippen LogP contribution in [0.25, 0.3) is 0 Å². The lowest BCUT2D eigenvalue weighted by molar-refractivity contribution is -0.385. The lowest BCUT2D eigenvalue weighted by Gasteiger charge is -2.34. The van der Waals surface area contributed by atoms with Gasteiger partial charge in [0.1, 0.15) is 0 Å². The third-order valence-corrected chi connectivity index (χ3v) is 5.49. The molecule has 23 heavy (non-hydrogen) atoms. The van der Waals surface area contributed by atoms with Gasteiger partial charge in [-0.25, -0.2) is 0 Å². The summed E-state index contributed by atoms with van der Waals surface area (Å²) in [5.41, 5.74) is 1.00. The van der Waals surface area contributed by atoms with Crippen molar-refractivity contribution in [3.8, 4) is 0 Å². The second-order valence-corrected chi connectivity index (χ2v) is 6.81. The van der Waals surface area contributed by atoms with Gasteiger partial charge in [0.15, 0.2) is 0 Å². The molecule has 1 heterocycles. The van der Waals surface area contributed by atoms with E-state index in [1.165, 1.54) is 38.2 Å². The molecule has 0 spiro atoms. The van der Waals surface area contributed by atoms with Crippen molar-refractivity contribution in [1.29, 1.82) is 0 Å². The van der Waals surface area contributed by atoms with Gasteiger partial charge in [-0.1, -0.05) is 25.3 Å². The van der Waals surface area contributed by atoms with Crippen molar-refractivity contribution in [2.24, 2.45) is 5.92 Å². The Balaban J connectivity index is 1.84. The molecule has 1 aromatic rings. The van der Waals surface area contributed by atoms with Crippen LogP contribution in [0.2, 0.25) is 0 Å². The first-order chi connectivity index (χ1) is 11.1. The summed E-state index contributed by atoms with van der Waals surface area (Å²) in [6.45, 7) is 2.46. The molecular weight excluding hydrogens is 292 g/mol. The number of nitro benzene ring substituents is 1. The van der Waals surface area contributed by atoms with E-state index < -0.39 is 4.92 Å². The van der Waals surface area contributed by atoms with Crippen molar-refractivity contribution in [3.05, 3.63) is 39.4 Å². The molecule has 5 nitrogen and oxygen atoms in total. The standard InChI is InChI=1S/C18H24N2O3/c1-13-15(9-5-10-16(13)20(22)23)18(21)19-12-6-11-17(19)14-7-3-2-4-8-14/h5,9-10,14,17H,2-4,6-8,11-12H2,1H3. The van der Waals surface area contributed by atoms with Gasteiger partial charge in [-0.3, -0.25) is 14.9 Å². The lowest BCUT2D eigenvalue weighted by Crippen LogP contribution is -2.41. The Morgan fingerprint density at radius 1 is 1.17 bits per heavy atom. The largest absolute Gasteiger partial charge is 0.335 e. The number of likely N-dealkylation sites (tertiary alicyclic amines) is 1. The molecule has 1 saturated carbocycles. The van der Waals surface area contributed by atoms with Crippen LogP contribution < -0.4 is 0 Å². The smallest absolute Gasteiger partial charge is 0.273 e. The van der Waals surface area contributed by atoms with Crippen LogP contribution in [0.1, 0.15) is 60.9 Å². The van der Waals surface area contributed by atoms with E-state index in [9.17, 15) is 14.9 Å². The average molecular weight is 316 g/mol. The maximum absolute atomic E-state index is 13.0. The highest BCUT2D eigenvalue weighted by atomic mass is 16.6. The first kappa shape index (κ1) is 16.0. The molecule has 0 bridgehead atoms. The molecule has 124 valence electrons. The molecule has 1 aliphatic heterocycles. The van der Waals surface area contributed by atoms with E-state index in [0.717, 1.165) is 19.4 Å². The molecule has 0 radical (unpaired) electrons. The van der Waals surface area contributed by atoms with Gasteiger partial charge in [0, 0.05) is 29.8 Å². The van der Waals surface area contributed by atoms with E-state index in [2.05, 4.69) is 0 Å². The average Bonchev–Trinajstić information content (AvgIpc) is 3.04. The van der Waals surface area contributed by atoms with Crippen LogP contribution in [0, 0.1) is 23.0 Å². The summed E-state index contributed by atoms with van der Waals surface area (Å²) < 4.78 is 0. The minimum Gasteiger partial charge on any atom is -0.335 e. The number of carbonyl (C=O) groups excluding carboxylic acids is 1. The number of amides is 1. The molecule has 1 aliphatic carbocycles. The van der Waals surface area contributed by atoms with Gasteiger partial charge in [-0.15, -0.1) is 0 Å². The van der Waals surface area contributed by atoms with Crippen LogP contribution in [0.4, 0.5) is 5.69 Å². The monoisotopic (exact) mass is 316 g/mol. The zero-order valence-electron chi connectivity index (χ0n) is 13.7. The lowest BCUT2D eigenvalue weighted by atomic mass is 9.83. The summed E-state index contributed by atoms with van der Waals surface area (Å²) >= 11 is 0. The van der Waals surface area contributed by atoms with Crippen molar-refractivity contribution in [1.82, 2.24) is 4.90 Å². The van der Waals surface area contributed by atoms with Gasteiger partial charge >= 0.3 is 0 Å². The van der Waals surface area contributed by atoms with Crippen LogP contribution in [0.3, 0.4) is 0 Å². The number of hydrogen-bond acceptors (Lipinski definition) is 3. The number of nitrogens with zero attached hydrogens (tertiary/aromatic N) is 2. The summed E-state index contributed by atoms with van der Waals surface area (Å²) in [4.78, 5) is 25.7. The maximum Gasteiger partial charge on any atom is 0.273 e. The number of rotatable bonds is 3. The second kappa shape index (κ2) is 6.69. The van der Waals surface area contributed by atoms with E-state index in [1.807, 2.05) is 4.90 Å². The molecule has 0 aromatic heterocycles. The molecule has 5 heteroatoms. The van der Waals surface area contributed by atoms with E-state index >= 15 is 0 Å². The fourth-order valence-electron chi connectivity index (χ4n) is 4.26. The molecule has 1 amide bonds. The Labute approximate surface area is 136 Å². The van der Waals surface area contributed by atoms with Gasteiger partial charge in [-0.2, -0.15) is 0 Å². The van der Waals surface area contributed by atoms with Gasteiger partial charge in [0.05, 0.1) is 4.92 Å². The molecule has 1 atom stereocenters. The van der Waals surface area contributed by atoms with Gasteiger partial charge in [0.2, 0.25) is 0 Å².